The number of ether oxygens (including phenoxy) is 3. The van der Waals surface area contributed by atoms with Crippen LogP contribution in [0, 0.1) is 23.7 Å². The van der Waals surface area contributed by atoms with Gasteiger partial charge in [0.2, 0.25) is 11.8 Å². The number of morpholine rings is 1. The van der Waals surface area contributed by atoms with Gasteiger partial charge in [-0.2, -0.15) is 0 Å². The minimum Gasteiger partial charge on any atom is -0.491 e. The third-order valence-corrected chi connectivity index (χ3v) is 13.0. The maximum Gasteiger partial charge on any atom is 0.329 e. The Bertz CT molecular complexity index is 2730. The number of hydrogen-bond acceptors (Lipinski definition) is 12. The Hall–Kier alpha value is -7.35. The van der Waals surface area contributed by atoms with Crippen LogP contribution in [0.1, 0.15) is 77.9 Å². The van der Waals surface area contributed by atoms with Gasteiger partial charge in [0.05, 0.1) is 50.1 Å². The van der Waals surface area contributed by atoms with Crippen LogP contribution in [0.4, 0.5) is 10.5 Å². The van der Waals surface area contributed by atoms with Crippen molar-refractivity contribution in [3.8, 4) is 17.6 Å². The zero-order valence-corrected chi connectivity index (χ0v) is 38.4. The van der Waals surface area contributed by atoms with Crippen molar-refractivity contribution in [1.82, 2.24) is 15.5 Å². The maximum absolute atomic E-state index is 16.5. The third kappa shape index (κ3) is 9.07. The normalized spacial score (nSPS) is 22.4. The first kappa shape index (κ1) is 48.1. The number of amides is 4. The molecule has 2 saturated heterocycles. The van der Waals surface area contributed by atoms with E-state index < -0.39 is 83.4 Å². The first-order chi connectivity index (χ1) is 33.5. The summed E-state index contributed by atoms with van der Waals surface area (Å²) in [7, 11) is 1.19. The molecule has 4 amide bonds. The number of carbonyl (C=O) groups is 5. The quantitative estimate of drug-likeness (QED) is 0.0720. The van der Waals surface area contributed by atoms with E-state index in [1.165, 1.54) is 7.11 Å². The van der Waals surface area contributed by atoms with E-state index >= 15 is 14.4 Å². The molecule has 5 aromatic rings. The van der Waals surface area contributed by atoms with Gasteiger partial charge >= 0.3 is 18.0 Å². The monoisotopic (exact) mass is 934 g/mol. The van der Waals surface area contributed by atoms with E-state index in [1.807, 2.05) is 65.6 Å². The van der Waals surface area contributed by atoms with E-state index in [4.69, 9.17) is 14.2 Å². The van der Waals surface area contributed by atoms with Crippen molar-refractivity contribution in [1.29, 1.82) is 0 Å². The van der Waals surface area contributed by atoms with Gasteiger partial charge in [0, 0.05) is 18.5 Å². The molecule has 0 bridgehead atoms. The van der Waals surface area contributed by atoms with Crippen molar-refractivity contribution >= 4 is 35.5 Å². The number of nitrogens with one attached hydrogen (secondary N) is 2. The highest BCUT2D eigenvalue weighted by Gasteiger charge is 2.75. The van der Waals surface area contributed by atoms with Crippen LogP contribution in [0.2, 0.25) is 0 Å². The van der Waals surface area contributed by atoms with Crippen LogP contribution in [-0.4, -0.2) is 95.6 Å². The van der Waals surface area contributed by atoms with Crippen LogP contribution < -0.4 is 20.3 Å². The maximum atomic E-state index is 16.5. The van der Waals surface area contributed by atoms with Gasteiger partial charge in [0.1, 0.15) is 36.0 Å². The number of hydrogen-bond donors (Lipinski definition) is 5. The Morgan fingerprint density at radius 1 is 0.812 bits per heavy atom. The summed E-state index contributed by atoms with van der Waals surface area (Å²) in [6, 6.07) is 32.9. The lowest BCUT2D eigenvalue weighted by molar-refractivity contribution is -0.178. The van der Waals surface area contributed by atoms with Crippen molar-refractivity contribution in [2.24, 2.45) is 11.8 Å². The number of anilines is 1. The summed E-state index contributed by atoms with van der Waals surface area (Å²) >= 11 is 0. The van der Waals surface area contributed by atoms with Gasteiger partial charge in [0.25, 0.3) is 0 Å². The average molecular weight is 935 g/mol. The highest BCUT2D eigenvalue weighted by molar-refractivity contribution is 6.25. The Morgan fingerprint density at radius 3 is 2.09 bits per heavy atom. The smallest absolute Gasteiger partial charge is 0.329 e. The lowest BCUT2D eigenvalue weighted by Crippen LogP contribution is -2.58. The van der Waals surface area contributed by atoms with Gasteiger partial charge in [0.15, 0.2) is 0 Å². The lowest BCUT2D eigenvalue weighted by Gasteiger charge is -2.46. The van der Waals surface area contributed by atoms with Crippen LogP contribution in [-0.2, 0) is 34.1 Å². The van der Waals surface area contributed by atoms with E-state index in [2.05, 4.69) is 22.5 Å². The zero-order chi connectivity index (χ0) is 48.8. The number of imide groups is 1. The number of fused-ring (bicyclic) bond motifs is 3. The van der Waals surface area contributed by atoms with Gasteiger partial charge < -0.3 is 40.2 Å². The SMILES string of the molecule is COC(=O)[C@@H](NC(=O)N1C(=O)[C@@]2(c3cc(C#CCCO)ccc31)[C@H](c1ccc(OCCO)cc1)N1[C@H](c3ccccc3)[C@H](c3ccccc3)OC(=O)[C@H]1[C@@H]2C(=O)NC[C@H](O)c1ccccc1)C(C)C. The van der Waals surface area contributed by atoms with Crippen molar-refractivity contribution < 1.29 is 53.5 Å². The molecule has 8 rings (SSSR count). The second-order valence-electron chi connectivity index (χ2n) is 17.4. The number of methoxy groups -OCH3 is 1. The molecule has 3 heterocycles. The van der Waals surface area contributed by atoms with Crippen molar-refractivity contribution in [2.45, 2.75) is 62.1 Å². The van der Waals surface area contributed by atoms with Gasteiger partial charge in [-0.3, -0.25) is 19.3 Å². The van der Waals surface area contributed by atoms with Crippen LogP contribution >= 0.6 is 0 Å². The highest BCUT2D eigenvalue weighted by Crippen LogP contribution is 2.66. The summed E-state index contributed by atoms with van der Waals surface area (Å²) in [5, 5.41) is 36.3. The number of rotatable bonds is 14. The van der Waals surface area contributed by atoms with Crippen LogP contribution in [0.15, 0.2) is 133 Å². The molecule has 5 aromatic carbocycles. The molecule has 356 valence electrons. The summed E-state index contributed by atoms with van der Waals surface area (Å²) in [4.78, 5) is 78.5. The molecule has 0 unspecified atom stereocenters. The zero-order valence-electron chi connectivity index (χ0n) is 38.4. The molecule has 0 aromatic heterocycles. The molecule has 15 heteroatoms. The summed E-state index contributed by atoms with van der Waals surface area (Å²) in [5.74, 6) is 0.982. The van der Waals surface area contributed by atoms with Gasteiger partial charge in [-0.15, -0.1) is 0 Å². The van der Waals surface area contributed by atoms with Crippen LogP contribution in [0.25, 0.3) is 0 Å². The van der Waals surface area contributed by atoms with Gasteiger partial charge in [-0.05, 0) is 64.1 Å². The molecular formula is C54H54N4O11. The van der Waals surface area contributed by atoms with Gasteiger partial charge in [-0.1, -0.05) is 129 Å². The molecule has 8 atom stereocenters. The van der Waals surface area contributed by atoms with Gasteiger partial charge in [-0.25, -0.2) is 14.5 Å². The Morgan fingerprint density at radius 2 is 1.46 bits per heavy atom. The number of aliphatic hydroxyl groups excluding tert-OH is 3. The molecule has 3 aliphatic heterocycles. The molecule has 2 fully saturated rings. The summed E-state index contributed by atoms with van der Waals surface area (Å²) in [6.07, 6.45) is -2.05. The minimum atomic E-state index is -2.17. The summed E-state index contributed by atoms with van der Waals surface area (Å²) in [6.45, 7) is 2.63. The third-order valence-electron chi connectivity index (χ3n) is 13.0. The molecule has 15 nitrogen and oxygen atoms in total. The molecule has 69 heavy (non-hydrogen) atoms. The fraction of sp³-hybridized carbons (Fsp3) is 0.315. The molecule has 3 aliphatic rings. The lowest BCUT2D eigenvalue weighted by atomic mass is 9.65. The number of urea groups is 1. The Kier molecular flexibility index (Phi) is 14.6. The predicted octanol–water partition coefficient (Wildman–Crippen LogP) is 5.21. The average Bonchev–Trinajstić information content (AvgIpc) is 3.83. The number of esters is 2. The van der Waals surface area contributed by atoms with E-state index in [0.717, 1.165) is 4.90 Å². The summed E-state index contributed by atoms with van der Waals surface area (Å²) < 4.78 is 17.4. The number of nitrogens with zero attached hydrogens (tertiary/aromatic N) is 2. The molecule has 0 aliphatic carbocycles. The van der Waals surface area contributed by atoms with Crippen molar-refractivity contribution in [3.63, 3.8) is 0 Å². The largest absolute Gasteiger partial charge is 0.491 e. The molecular weight excluding hydrogens is 881 g/mol. The highest BCUT2D eigenvalue weighted by atomic mass is 16.6. The minimum absolute atomic E-state index is 0.00234. The van der Waals surface area contributed by atoms with Crippen molar-refractivity contribution in [2.75, 3.05) is 38.4 Å². The molecule has 0 radical (unpaired) electrons. The standard InChI is InChI=1S/C54H54N4O11/c1-33(2)44(50(63)67-3)56-53(66)57-41-27-22-34(15-13-14-28-59)31-40(41)54(52(57)65)43(49(62)55-32-42(61)35-16-7-4-8-17-35)46-51(64)69-47(37-20-11-6-12-21-37)45(36-18-9-5-10-19-36)58(46)48(54)38-23-25-39(26-24-38)68-30-29-60/h4-12,16-27,31,33,42-48,59-61H,14,28-30,32H2,1-3H3,(H,55,62)(H,56,66)/t42-,43+,44-,45+,46+,47-,48-,54+/m0/s1. The number of carbonyl (C=O) groups excluding carboxylic acids is 5. The number of aliphatic hydroxyl groups is 3. The molecule has 5 N–H and O–H groups in total. The first-order valence-electron chi connectivity index (χ1n) is 22.8. The second kappa shape index (κ2) is 20.9. The topological polar surface area (TPSA) is 204 Å². The fourth-order valence-corrected chi connectivity index (χ4v) is 10.0. The Balaban J connectivity index is 1.43. The van der Waals surface area contributed by atoms with E-state index in [9.17, 15) is 24.9 Å². The molecule has 1 spiro atoms. The number of cyclic esters (lactones) is 1. The molecule has 0 saturated carbocycles. The van der Waals surface area contributed by atoms with Crippen LogP contribution in [0.5, 0.6) is 5.75 Å². The number of benzene rings is 5. The first-order valence-corrected chi connectivity index (χ1v) is 22.8. The fourth-order valence-electron chi connectivity index (χ4n) is 10.0. The van der Waals surface area contributed by atoms with E-state index in [0.29, 0.717) is 33.6 Å². The summed E-state index contributed by atoms with van der Waals surface area (Å²) in [5.41, 5.74) is 0.744. The van der Waals surface area contributed by atoms with Crippen molar-refractivity contribution in [3.05, 3.63) is 167 Å². The predicted molar refractivity (Wildman–Crippen MR) is 253 cm³/mol. The second-order valence-corrected chi connectivity index (χ2v) is 17.4. The van der Waals surface area contributed by atoms with E-state index in [-0.39, 0.29) is 44.0 Å². The van der Waals surface area contributed by atoms with E-state index in [1.54, 1.807) is 86.6 Å². The van der Waals surface area contributed by atoms with Crippen LogP contribution in [0.3, 0.4) is 0 Å². The Labute approximate surface area is 400 Å².